The fourth-order valence-corrected chi connectivity index (χ4v) is 3.04. The molecule has 0 unspecified atom stereocenters. The van der Waals surface area contributed by atoms with E-state index in [-0.39, 0.29) is 22.5 Å². The minimum absolute atomic E-state index is 0.0764. The van der Waals surface area contributed by atoms with E-state index in [1.54, 1.807) is 0 Å². The van der Waals surface area contributed by atoms with Crippen LogP contribution in [0.1, 0.15) is 35.0 Å². The van der Waals surface area contributed by atoms with Gasteiger partial charge in [-0.2, -0.15) is 18.4 Å². The Labute approximate surface area is 168 Å². The van der Waals surface area contributed by atoms with Gasteiger partial charge in [0.2, 0.25) is 0 Å². The van der Waals surface area contributed by atoms with E-state index in [0.29, 0.717) is 0 Å². The zero-order valence-electron chi connectivity index (χ0n) is 15.5. The van der Waals surface area contributed by atoms with Crippen LogP contribution >= 0.6 is 0 Å². The molecule has 1 amide bonds. The zero-order chi connectivity index (χ0) is 22.1. The van der Waals surface area contributed by atoms with Gasteiger partial charge < -0.3 is 15.8 Å². The number of amides is 1. The van der Waals surface area contributed by atoms with Crippen LogP contribution in [0.25, 0.3) is 0 Å². The van der Waals surface area contributed by atoms with Gasteiger partial charge in [0.05, 0.1) is 11.3 Å². The van der Waals surface area contributed by atoms with Crippen molar-refractivity contribution in [3.05, 3.63) is 59.2 Å². The number of anilines is 1. The summed E-state index contributed by atoms with van der Waals surface area (Å²) in [5, 5.41) is 11.1. The van der Waals surface area contributed by atoms with Crippen LogP contribution in [0.3, 0.4) is 0 Å². The second-order valence-corrected chi connectivity index (χ2v) is 6.73. The van der Waals surface area contributed by atoms with Crippen molar-refractivity contribution in [1.29, 1.82) is 5.26 Å². The van der Waals surface area contributed by atoms with Crippen molar-refractivity contribution in [2.45, 2.75) is 31.2 Å². The van der Waals surface area contributed by atoms with Crippen LogP contribution in [-0.2, 0) is 10.3 Å². The van der Waals surface area contributed by atoms with Crippen LogP contribution in [0.15, 0.2) is 41.5 Å². The summed E-state index contributed by atoms with van der Waals surface area (Å²) in [6.45, 7) is 1.26. The summed E-state index contributed by atoms with van der Waals surface area (Å²) < 4.78 is 59.9. The molecule has 0 aliphatic carbocycles. The molecule has 3 rings (SSSR count). The first-order chi connectivity index (χ1) is 14.0. The molecule has 156 valence electrons. The summed E-state index contributed by atoms with van der Waals surface area (Å²) in [7, 11) is 0. The Hall–Kier alpha value is -3.68. The highest BCUT2D eigenvalue weighted by atomic mass is 19.4. The molecule has 1 aliphatic rings. The smallest absolute Gasteiger partial charge is 0.411 e. The fourth-order valence-electron chi connectivity index (χ4n) is 3.04. The van der Waals surface area contributed by atoms with E-state index in [9.17, 15) is 18.0 Å². The SMILES string of the molecule is C[C@@]1(c2cccc(NC(=O)c3ccc(C#N)cn3)c2F)C[C@@H](C(F)(F)F)N=C(N)O1. The number of ether oxygens (including phenoxy) is 1. The van der Waals surface area contributed by atoms with Gasteiger partial charge in [-0.3, -0.25) is 4.79 Å². The number of hydrogen-bond donors (Lipinski definition) is 2. The Morgan fingerprint density at radius 3 is 2.70 bits per heavy atom. The monoisotopic (exact) mass is 421 g/mol. The summed E-state index contributed by atoms with van der Waals surface area (Å²) >= 11 is 0. The third-order valence-corrected chi connectivity index (χ3v) is 4.52. The Morgan fingerprint density at radius 1 is 1.37 bits per heavy atom. The molecule has 2 aromatic rings. The number of nitrogens with one attached hydrogen (secondary N) is 1. The number of rotatable bonds is 3. The quantitative estimate of drug-likeness (QED) is 0.739. The third kappa shape index (κ3) is 4.17. The Balaban J connectivity index is 1.90. The van der Waals surface area contributed by atoms with Crippen LogP contribution < -0.4 is 11.1 Å². The number of nitrogens with two attached hydrogens (primary N) is 1. The molecule has 0 radical (unpaired) electrons. The van der Waals surface area contributed by atoms with Crippen LogP contribution in [0, 0.1) is 17.1 Å². The molecule has 0 saturated carbocycles. The molecule has 7 nitrogen and oxygen atoms in total. The average Bonchev–Trinajstić information content (AvgIpc) is 2.68. The Bertz CT molecular complexity index is 1050. The molecule has 30 heavy (non-hydrogen) atoms. The summed E-state index contributed by atoms with van der Waals surface area (Å²) in [6.07, 6.45) is -4.19. The first-order valence-corrected chi connectivity index (χ1v) is 8.59. The Kier molecular flexibility index (Phi) is 5.35. The maximum atomic E-state index is 15.1. The topological polar surface area (TPSA) is 113 Å². The highest BCUT2D eigenvalue weighted by molar-refractivity contribution is 6.03. The van der Waals surface area contributed by atoms with Crippen molar-refractivity contribution in [2.75, 3.05) is 5.32 Å². The second-order valence-electron chi connectivity index (χ2n) is 6.73. The number of aliphatic imine (C=N–C) groups is 1. The molecule has 2 atom stereocenters. The lowest BCUT2D eigenvalue weighted by atomic mass is 9.87. The van der Waals surface area contributed by atoms with Gasteiger partial charge in [0.25, 0.3) is 11.9 Å². The number of benzene rings is 1. The second kappa shape index (κ2) is 7.62. The van der Waals surface area contributed by atoms with Gasteiger partial charge in [-0.25, -0.2) is 14.4 Å². The number of pyridine rings is 1. The van der Waals surface area contributed by atoms with E-state index >= 15 is 4.39 Å². The fraction of sp³-hybridized carbons (Fsp3) is 0.263. The van der Waals surface area contributed by atoms with Crippen molar-refractivity contribution in [1.82, 2.24) is 4.98 Å². The van der Waals surface area contributed by atoms with Gasteiger partial charge in [0.15, 0.2) is 11.9 Å². The first kappa shape index (κ1) is 21.0. The zero-order valence-corrected chi connectivity index (χ0v) is 15.5. The van der Waals surface area contributed by atoms with Crippen LogP contribution in [0.4, 0.5) is 23.2 Å². The van der Waals surface area contributed by atoms with Crippen LogP contribution in [-0.4, -0.2) is 29.1 Å². The van der Waals surface area contributed by atoms with E-state index in [4.69, 9.17) is 15.7 Å². The molecule has 0 saturated heterocycles. The highest BCUT2D eigenvalue weighted by Crippen LogP contribution is 2.41. The lowest BCUT2D eigenvalue weighted by molar-refractivity contribution is -0.164. The van der Waals surface area contributed by atoms with Crippen molar-refractivity contribution in [3.63, 3.8) is 0 Å². The molecule has 1 aromatic heterocycles. The largest absolute Gasteiger partial charge is 0.454 e. The van der Waals surface area contributed by atoms with Crippen LogP contribution in [0.5, 0.6) is 0 Å². The van der Waals surface area contributed by atoms with Gasteiger partial charge in [0.1, 0.15) is 17.4 Å². The van der Waals surface area contributed by atoms with E-state index in [2.05, 4.69) is 15.3 Å². The summed E-state index contributed by atoms with van der Waals surface area (Å²) in [5.74, 6) is -1.74. The molecular formula is C19H15F4N5O2. The minimum atomic E-state index is -4.68. The summed E-state index contributed by atoms with van der Waals surface area (Å²) in [5.41, 5.74) is 3.31. The van der Waals surface area contributed by atoms with E-state index in [1.165, 1.54) is 43.5 Å². The number of carbonyl (C=O) groups excluding carboxylic acids is 1. The lowest BCUT2D eigenvalue weighted by Crippen LogP contribution is -2.46. The molecule has 3 N–H and O–H groups in total. The van der Waals surface area contributed by atoms with Gasteiger partial charge in [-0.1, -0.05) is 12.1 Å². The van der Waals surface area contributed by atoms with Crippen molar-refractivity contribution < 1.29 is 27.1 Å². The molecule has 2 heterocycles. The summed E-state index contributed by atoms with van der Waals surface area (Å²) in [6, 6.07) is 5.49. The maximum Gasteiger partial charge on any atom is 0.411 e. The number of aromatic nitrogens is 1. The average molecular weight is 421 g/mol. The number of nitriles is 1. The molecule has 1 aromatic carbocycles. The number of amidine groups is 1. The lowest BCUT2D eigenvalue weighted by Gasteiger charge is -2.37. The minimum Gasteiger partial charge on any atom is -0.454 e. The van der Waals surface area contributed by atoms with E-state index < -0.39 is 42.0 Å². The molecular weight excluding hydrogens is 406 g/mol. The van der Waals surface area contributed by atoms with Gasteiger partial charge >= 0.3 is 6.18 Å². The van der Waals surface area contributed by atoms with E-state index in [0.717, 1.165) is 0 Å². The number of alkyl halides is 3. The predicted molar refractivity (Wildman–Crippen MR) is 97.8 cm³/mol. The van der Waals surface area contributed by atoms with Crippen molar-refractivity contribution in [3.8, 4) is 6.07 Å². The first-order valence-electron chi connectivity index (χ1n) is 8.59. The molecule has 0 spiro atoms. The van der Waals surface area contributed by atoms with Crippen LogP contribution in [0.2, 0.25) is 0 Å². The third-order valence-electron chi connectivity index (χ3n) is 4.52. The number of nitrogens with zero attached hydrogens (tertiary/aromatic N) is 3. The standard InChI is InChI=1S/C19H15F4N5O2/c1-18(7-14(19(21,22)23)28-17(25)30-18)11-3-2-4-12(15(11)20)27-16(29)13-6-5-10(8-24)9-26-13/h2-6,9,14H,7H2,1H3,(H2,25,28)(H,27,29)/t14-,18-/m0/s1. The summed E-state index contributed by atoms with van der Waals surface area (Å²) in [4.78, 5) is 19.4. The number of halogens is 4. The molecule has 0 fully saturated rings. The van der Waals surface area contributed by atoms with Gasteiger partial charge in [0, 0.05) is 18.2 Å². The normalized spacial score (nSPS) is 21.2. The maximum absolute atomic E-state index is 15.1. The van der Waals surface area contributed by atoms with Crippen molar-refractivity contribution >= 4 is 17.6 Å². The van der Waals surface area contributed by atoms with E-state index in [1.807, 2.05) is 6.07 Å². The van der Waals surface area contributed by atoms with Gasteiger partial charge in [-0.05, 0) is 25.1 Å². The van der Waals surface area contributed by atoms with Crippen molar-refractivity contribution in [2.24, 2.45) is 10.7 Å². The molecule has 0 bridgehead atoms. The molecule has 11 heteroatoms. The van der Waals surface area contributed by atoms with Gasteiger partial charge in [-0.15, -0.1) is 0 Å². The predicted octanol–water partition coefficient (Wildman–Crippen LogP) is 3.23. The molecule has 1 aliphatic heterocycles. The number of hydrogen-bond acceptors (Lipinski definition) is 6. The number of carbonyl (C=O) groups is 1. The Morgan fingerprint density at radius 2 is 2.10 bits per heavy atom. The highest BCUT2D eigenvalue weighted by Gasteiger charge is 2.49.